The third-order valence-electron chi connectivity index (χ3n) is 4.78. The van der Waals surface area contributed by atoms with Gasteiger partial charge in [0.1, 0.15) is 22.5 Å². The summed E-state index contributed by atoms with van der Waals surface area (Å²) in [6.45, 7) is 0.514. The van der Waals surface area contributed by atoms with Crippen LogP contribution >= 0.6 is 58.8 Å². The first-order valence-electron chi connectivity index (χ1n) is 9.66. The van der Waals surface area contributed by atoms with E-state index >= 15 is 0 Å². The van der Waals surface area contributed by atoms with E-state index < -0.39 is 0 Å². The molecule has 0 aliphatic carbocycles. The predicted octanol–water partition coefficient (Wildman–Crippen LogP) is 7.77. The van der Waals surface area contributed by atoms with Crippen molar-refractivity contribution in [3.63, 3.8) is 0 Å². The van der Waals surface area contributed by atoms with Crippen molar-refractivity contribution >= 4 is 75.1 Å². The number of thiocarbonyl (C=S) groups is 1. The minimum atomic E-state index is -0.329. The molecule has 0 saturated carbocycles. The van der Waals surface area contributed by atoms with Crippen LogP contribution in [0.25, 0.3) is 6.08 Å². The lowest BCUT2D eigenvalue weighted by molar-refractivity contribution is -0.122. The van der Waals surface area contributed by atoms with Crippen LogP contribution in [0.5, 0.6) is 5.75 Å². The lowest BCUT2D eigenvalue weighted by Gasteiger charge is -2.14. The van der Waals surface area contributed by atoms with Gasteiger partial charge in [-0.2, -0.15) is 0 Å². The molecule has 3 aromatic carbocycles. The van der Waals surface area contributed by atoms with Crippen LogP contribution in [0.4, 0.5) is 4.39 Å². The van der Waals surface area contributed by atoms with Gasteiger partial charge < -0.3 is 4.74 Å². The van der Waals surface area contributed by atoms with Gasteiger partial charge in [-0.05, 0) is 53.6 Å². The molecule has 4 rings (SSSR count). The molecule has 0 spiro atoms. The maximum atomic E-state index is 13.1. The molecule has 0 aromatic heterocycles. The molecule has 1 heterocycles. The summed E-state index contributed by atoms with van der Waals surface area (Å²) in [6, 6.07) is 16.4. The number of carbonyl (C=O) groups is 1. The fraction of sp³-hybridized carbons (Fsp3) is 0.0833. The molecule has 168 valence electrons. The van der Waals surface area contributed by atoms with E-state index in [0.29, 0.717) is 30.0 Å². The molecule has 0 unspecified atom stereocenters. The molecule has 1 fully saturated rings. The first-order chi connectivity index (χ1) is 15.8. The lowest BCUT2D eigenvalue weighted by atomic mass is 10.2. The fourth-order valence-corrected chi connectivity index (χ4v) is 5.04. The van der Waals surface area contributed by atoms with Crippen LogP contribution in [0.3, 0.4) is 0 Å². The van der Waals surface area contributed by atoms with Gasteiger partial charge in [-0.25, -0.2) is 4.39 Å². The molecule has 1 aliphatic heterocycles. The highest BCUT2D eigenvalue weighted by molar-refractivity contribution is 8.26. The zero-order valence-electron chi connectivity index (χ0n) is 16.9. The van der Waals surface area contributed by atoms with Gasteiger partial charge in [0.05, 0.1) is 16.5 Å². The quantitative estimate of drug-likeness (QED) is 0.237. The summed E-state index contributed by atoms with van der Waals surface area (Å²) in [4.78, 5) is 14.8. The van der Waals surface area contributed by atoms with Crippen LogP contribution in [-0.4, -0.2) is 15.1 Å². The maximum Gasteiger partial charge on any atom is 0.266 e. The van der Waals surface area contributed by atoms with Gasteiger partial charge in [-0.15, -0.1) is 0 Å². The van der Waals surface area contributed by atoms with Crippen molar-refractivity contribution in [2.75, 3.05) is 0 Å². The second-order valence-electron chi connectivity index (χ2n) is 7.11. The summed E-state index contributed by atoms with van der Waals surface area (Å²) in [5.74, 6) is -0.0450. The van der Waals surface area contributed by atoms with Gasteiger partial charge >= 0.3 is 0 Å². The molecule has 9 heteroatoms. The molecule has 33 heavy (non-hydrogen) atoms. The number of thioether (sulfide) groups is 1. The van der Waals surface area contributed by atoms with Crippen molar-refractivity contribution in [1.82, 2.24) is 4.90 Å². The molecule has 0 radical (unpaired) electrons. The largest absolute Gasteiger partial charge is 0.487 e. The molecular formula is C24H15Cl3FNO2S2. The zero-order chi connectivity index (χ0) is 23.5. The summed E-state index contributed by atoms with van der Waals surface area (Å²) < 4.78 is 19.4. The van der Waals surface area contributed by atoms with Crippen LogP contribution in [0, 0.1) is 5.82 Å². The van der Waals surface area contributed by atoms with Gasteiger partial charge in [0, 0.05) is 15.6 Å². The molecule has 0 bridgehead atoms. The lowest BCUT2D eigenvalue weighted by Crippen LogP contribution is -2.27. The SMILES string of the molecule is O=C1C(=Cc2ccc(OCc3ccc(Cl)cc3Cl)c(Cl)c2)SC(=S)N1Cc1ccc(F)cc1. The monoisotopic (exact) mass is 537 g/mol. The predicted molar refractivity (Wildman–Crippen MR) is 137 cm³/mol. The van der Waals surface area contributed by atoms with Crippen molar-refractivity contribution in [3.8, 4) is 5.75 Å². The molecule has 0 atom stereocenters. The average molecular weight is 539 g/mol. The fourth-order valence-electron chi connectivity index (χ4n) is 3.08. The molecular weight excluding hydrogens is 524 g/mol. The Balaban J connectivity index is 1.45. The van der Waals surface area contributed by atoms with Crippen LogP contribution in [-0.2, 0) is 17.9 Å². The van der Waals surface area contributed by atoms with Crippen molar-refractivity contribution in [3.05, 3.63) is 103 Å². The van der Waals surface area contributed by atoms with Gasteiger partial charge in [-0.1, -0.05) is 83.0 Å². The van der Waals surface area contributed by atoms with E-state index in [1.54, 1.807) is 54.6 Å². The van der Waals surface area contributed by atoms with Crippen molar-refractivity contribution in [2.24, 2.45) is 0 Å². The van der Waals surface area contributed by atoms with Crippen molar-refractivity contribution < 1.29 is 13.9 Å². The second-order valence-corrected chi connectivity index (χ2v) is 10.0. The summed E-state index contributed by atoms with van der Waals surface area (Å²) in [5.41, 5.74) is 2.31. The smallest absolute Gasteiger partial charge is 0.266 e. The normalized spacial score (nSPS) is 14.9. The van der Waals surface area contributed by atoms with Crippen LogP contribution in [0.1, 0.15) is 16.7 Å². The topological polar surface area (TPSA) is 29.5 Å². The molecule has 1 aliphatic rings. The Labute approximate surface area is 215 Å². The van der Waals surface area contributed by atoms with Gasteiger partial charge in [-0.3, -0.25) is 9.69 Å². The number of carbonyl (C=O) groups excluding carboxylic acids is 1. The Morgan fingerprint density at radius 3 is 2.45 bits per heavy atom. The van der Waals surface area contributed by atoms with E-state index in [1.165, 1.54) is 28.8 Å². The van der Waals surface area contributed by atoms with E-state index in [1.807, 2.05) is 0 Å². The summed E-state index contributed by atoms with van der Waals surface area (Å²) >= 11 is 25.1. The van der Waals surface area contributed by atoms with Gasteiger partial charge in [0.15, 0.2) is 0 Å². The summed E-state index contributed by atoms with van der Waals surface area (Å²) in [5, 5.41) is 1.46. The number of hydrogen-bond donors (Lipinski definition) is 0. The van der Waals surface area contributed by atoms with Gasteiger partial charge in [0.25, 0.3) is 5.91 Å². The number of nitrogens with zero attached hydrogens (tertiary/aromatic N) is 1. The second kappa shape index (κ2) is 10.5. The Kier molecular flexibility index (Phi) is 7.62. The van der Waals surface area contributed by atoms with E-state index in [0.717, 1.165) is 16.7 Å². The zero-order valence-corrected chi connectivity index (χ0v) is 20.8. The number of benzene rings is 3. The molecule has 1 amide bonds. The summed E-state index contributed by atoms with van der Waals surface area (Å²) in [7, 11) is 0. The first-order valence-corrected chi connectivity index (χ1v) is 12.0. The highest BCUT2D eigenvalue weighted by Crippen LogP contribution is 2.35. The number of ether oxygens (including phenoxy) is 1. The highest BCUT2D eigenvalue weighted by atomic mass is 35.5. The molecule has 3 aromatic rings. The number of hydrogen-bond acceptors (Lipinski definition) is 4. The number of rotatable bonds is 6. The van der Waals surface area contributed by atoms with E-state index in [-0.39, 0.29) is 24.9 Å². The third-order valence-corrected chi connectivity index (χ3v) is 7.04. The minimum absolute atomic E-state index is 0.205. The van der Waals surface area contributed by atoms with Crippen molar-refractivity contribution in [2.45, 2.75) is 13.2 Å². The standard InChI is InChI=1S/C24H15Cl3FNO2S2/c25-17-5-4-16(19(26)11-17)13-31-21-8-3-15(9-20(21)27)10-22-23(30)29(24(32)33-22)12-14-1-6-18(28)7-2-14/h1-11H,12-13H2. The molecule has 3 nitrogen and oxygen atoms in total. The Hall–Kier alpha value is -2.09. The van der Waals surface area contributed by atoms with Gasteiger partial charge in [0.2, 0.25) is 0 Å². The Morgan fingerprint density at radius 2 is 1.76 bits per heavy atom. The van der Waals surface area contributed by atoms with Crippen LogP contribution in [0.2, 0.25) is 15.1 Å². The van der Waals surface area contributed by atoms with Crippen LogP contribution < -0.4 is 4.74 Å². The first kappa shape index (κ1) is 24.0. The highest BCUT2D eigenvalue weighted by Gasteiger charge is 2.32. The Morgan fingerprint density at radius 1 is 1.00 bits per heavy atom. The van der Waals surface area contributed by atoms with E-state index in [4.69, 9.17) is 51.8 Å². The van der Waals surface area contributed by atoms with E-state index in [2.05, 4.69) is 0 Å². The van der Waals surface area contributed by atoms with E-state index in [9.17, 15) is 9.18 Å². The maximum absolute atomic E-state index is 13.1. The average Bonchev–Trinajstić information content (AvgIpc) is 3.03. The summed E-state index contributed by atoms with van der Waals surface area (Å²) in [6.07, 6.45) is 1.73. The number of amides is 1. The third kappa shape index (κ3) is 5.89. The van der Waals surface area contributed by atoms with Crippen LogP contribution in [0.15, 0.2) is 65.6 Å². The number of halogens is 4. The minimum Gasteiger partial charge on any atom is -0.487 e. The molecule has 0 N–H and O–H groups in total. The molecule has 1 saturated heterocycles. The van der Waals surface area contributed by atoms with Crippen molar-refractivity contribution in [1.29, 1.82) is 0 Å². The Bertz CT molecular complexity index is 1270.